The standard InChI is InChI=1S/C26H36N4O5S/c1-28(36(2,33)34)21-25(31)30(20-23-11-7-4-8-12-23)24(19-22-9-5-3-6-10-22)26(32)27-13-14-29-15-17-35-18-16-29/h3-12,24H,13-21H2,1-2H3,(H,27,32). The Morgan fingerprint density at radius 1 is 1.00 bits per heavy atom. The number of amides is 2. The molecule has 1 fully saturated rings. The highest BCUT2D eigenvalue weighted by molar-refractivity contribution is 7.88. The molecule has 1 saturated heterocycles. The van der Waals surface area contributed by atoms with Crippen molar-refractivity contribution in [3.8, 4) is 0 Å². The maximum atomic E-state index is 13.5. The number of sulfonamides is 1. The Labute approximate surface area is 214 Å². The molecule has 0 bridgehead atoms. The molecule has 196 valence electrons. The number of carbonyl (C=O) groups is 2. The van der Waals surface area contributed by atoms with Crippen LogP contribution < -0.4 is 5.32 Å². The molecule has 36 heavy (non-hydrogen) atoms. The van der Waals surface area contributed by atoms with Gasteiger partial charge in [0.2, 0.25) is 21.8 Å². The number of nitrogens with zero attached hydrogens (tertiary/aromatic N) is 3. The van der Waals surface area contributed by atoms with Gasteiger partial charge >= 0.3 is 0 Å². The zero-order valence-corrected chi connectivity index (χ0v) is 21.8. The summed E-state index contributed by atoms with van der Waals surface area (Å²) in [5.74, 6) is -0.700. The van der Waals surface area contributed by atoms with E-state index in [1.807, 2.05) is 60.7 Å². The molecule has 0 aliphatic carbocycles. The van der Waals surface area contributed by atoms with Crippen LogP contribution in [0.15, 0.2) is 60.7 Å². The molecule has 3 rings (SSSR count). The summed E-state index contributed by atoms with van der Waals surface area (Å²) in [7, 11) is -2.20. The molecule has 0 radical (unpaired) electrons. The van der Waals surface area contributed by atoms with Gasteiger partial charge in [-0.1, -0.05) is 60.7 Å². The highest BCUT2D eigenvalue weighted by atomic mass is 32.2. The lowest BCUT2D eigenvalue weighted by molar-refractivity contribution is -0.141. The van der Waals surface area contributed by atoms with Crippen molar-refractivity contribution in [2.45, 2.75) is 19.0 Å². The smallest absolute Gasteiger partial charge is 0.243 e. The van der Waals surface area contributed by atoms with E-state index in [2.05, 4.69) is 10.2 Å². The van der Waals surface area contributed by atoms with Crippen LogP contribution in [0.5, 0.6) is 0 Å². The van der Waals surface area contributed by atoms with E-state index in [1.54, 1.807) is 0 Å². The number of morpholine rings is 1. The minimum atomic E-state index is -3.57. The molecule has 1 atom stereocenters. The number of likely N-dealkylation sites (N-methyl/N-ethyl adjacent to an activating group) is 1. The van der Waals surface area contributed by atoms with Gasteiger partial charge in [-0.05, 0) is 11.1 Å². The number of hydrogen-bond acceptors (Lipinski definition) is 6. The maximum Gasteiger partial charge on any atom is 0.243 e. The normalized spacial score (nSPS) is 15.4. The first kappa shape index (κ1) is 27.8. The van der Waals surface area contributed by atoms with Crippen LogP contribution in [-0.4, -0.2) is 99.6 Å². The highest BCUT2D eigenvalue weighted by Gasteiger charge is 2.31. The lowest BCUT2D eigenvalue weighted by Crippen LogP contribution is -2.53. The van der Waals surface area contributed by atoms with E-state index in [1.165, 1.54) is 11.9 Å². The molecule has 9 nitrogen and oxygen atoms in total. The van der Waals surface area contributed by atoms with Crippen LogP contribution in [0.2, 0.25) is 0 Å². The lowest BCUT2D eigenvalue weighted by atomic mass is 10.0. The number of carbonyl (C=O) groups excluding carboxylic acids is 2. The van der Waals surface area contributed by atoms with E-state index in [9.17, 15) is 18.0 Å². The summed E-state index contributed by atoms with van der Waals surface area (Å²) in [6.45, 7) is 3.97. The zero-order valence-electron chi connectivity index (χ0n) is 21.0. The Bertz CT molecular complexity index is 1080. The topological polar surface area (TPSA) is 99.3 Å². The summed E-state index contributed by atoms with van der Waals surface area (Å²) in [5.41, 5.74) is 1.76. The second-order valence-corrected chi connectivity index (χ2v) is 11.1. The number of rotatable bonds is 12. The minimum absolute atomic E-state index is 0.186. The van der Waals surface area contributed by atoms with Crippen molar-refractivity contribution in [2.24, 2.45) is 0 Å². The quantitative estimate of drug-likeness (QED) is 0.451. The van der Waals surface area contributed by atoms with Gasteiger partial charge in [-0.2, -0.15) is 4.31 Å². The largest absolute Gasteiger partial charge is 0.379 e. The molecule has 2 aromatic carbocycles. The molecule has 2 aromatic rings. The van der Waals surface area contributed by atoms with Crippen LogP contribution >= 0.6 is 0 Å². The van der Waals surface area contributed by atoms with Crippen LogP contribution in [-0.2, 0) is 37.3 Å². The molecule has 0 saturated carbocycles. The molecular formula is C26H36N4O5S. The van der Waals surface area contributed by atoms with Gasteiger partial charge in [-0.3, -0.25) is 14.5 Å². The first-order chi connectivity index (χ1) is 17.2. The van der Waals surface area contributed by atoms with Gasteiger partial charge in [-0.15, -0.1) is 0 Å². The maximum absolute atomic E-state index is 13.5. The van der Waals surface area contributed by atoms with Gasteiger partial charge in [0, 0.05) is 46.2 Å². The van der Waals surface area contributed by atoms with Crippen LogP contribution in [0, 0.1) is 0 Å². The first-order valence-electron chi connectivity index (χ1n) is 12.1. The average molecular weight is 517 g/mol. The van der Waals surface area contributed by atoms with Crippen LogP contribution in [0.1, 0.15) is 11.1 Å². The molecule has 0 aromatic heterocycles. The molecule has 1 aliphatic heterocycles. The van der Waals surface area contributed by atoms with Crippen molar-refractivity contribution >= 4 is 21.8 Å². The number of benzene rings is 2. The van der Waals surface area contributed by atoms with Crippen molar-refractivity contribution in [3.05, 3.63) is 71.8 Å². The molecule has 1 N–H and O–H groups in total. The third kappa shape index (κ3) is 8.70. The van der Waals surface area contributed by atoms with Gasteiger partial charge in [0.05, 0.1) is 26.0 Å². The summed E-state index contributed by atoms with van der Waals surface area (Å²) in [6, 6.07) is 18.1. The molecule has 1 aliphatic rings. The molecule has 0 spiro atoms. The molecule has 2 amide bonds. The van der Waals surface area contributed by atoms with E-state index in [0.29, 0.717) is 32.7 Å². The van der Waals surface area contributed by atoms with E-state index < -0.39 is 22.0 Å². The second kappa shape index (κ2) is 13.5. The predicted molar refractivity (Wildman–Crippen MR) is 139 cm³/mol. The van der Waals surface area contributed by atoms with Crippen molar-refractivity contribution in [3.63, 3.8) is 0 Å². The summed E-state index contributed by atoms with van der Waals surface area (Å²) < 4.78 is 30.4. The Balaban J connectivity index is 1.83. The summed E-state index contributed by atoms with van der Waals surface area (Å²) in [6.07, 6.45) is 1.37. The van der Waals surface area contributed by atoms with Gasteiger partial charge in [-0.25, -0.2) is 8.42 Å². The Hall–Kier alpha value is -2.79. The number of nitrogens with one attached hydrogen (secondary N) is 1. The van der Waals surface area contributed by atoms with Gasteiger partial charge in [0.15, 0.2) is 0 Å². The lowest BCUT2D eigenvalue weighted by Gasteiger charge is -2.33. The molecule has 1 unspecified atom stereocenters. The summed E-state index contributed by atoms with van der Waals surface area (Å²) in [4.78, 5) is 30.7. The molecular weight excluding hydrogens is 480 g/mol. The Kier molecular flexibility index (Phi) is 10.4. The third-order valence-corrected chi connectivity index (χ3v) is 7.48. The molecule has 1 heterocycles. The Morgan fingerprint density at radius 3 is 2.17 bits per heavy atom. The highest BCUT2D eigenvalue weighted by Crippen LogP contribution is 2.15. The SMILES string of the molecule is CN(CC(=O)N(Cc1ccccc1)C(Cc1ccccc1)C(=O)NCCN1CCOCC1)S(C)(=O)=O. The second-order valence-electron chi connectivity index (χ2n) is 8.98. The first-order valence-corrected chi connectivity index (χ1v) is 14.0. The monoisotopic (exact) mass is 516 g/mol. The van der Waals surface area contributed by atoms with Crippen molar-refractivity contribution in [2.75, 3.05) is 59.2 Å². The van der Waals surface area contributed by atoms with Crippen molar-refractivity contribution in [1.82, 2.24) is 19.4 Å². The minimum Gasteiger partial charge on any atom is -0.379 e. The van der Waals surface area contributed by atoms with E-state index in [4.69, 9.17) is 4.74 Å². The number of hydrogen-bond donors (Lipinski definition) is 1. The van der Waals surface area contributed by atoms with E-state index >= 15 is 0 Å². The van der Waals surface area contributed by atoms with E-state index in [-0.39, 0.29) is 19.0 Å². The average Bonchev–Trinajstić information content (AvgIpc) is 2.87. The van der Waals surface area contributed by atoms with E-state index in [0.717, 1.165) is 34.8 Å². The fourth-order valence-electron chi connectivity index (χ4n) is 4.01. The van der Waals surface area contributed by atoms with Gasteiger partial charge in [0.1, 0.15) is 6.04 Å². The zero-order chi connectivity index (χ0) is 26.0. The van der Waals surface area contributed by atoms with Gasteiger partial charge in [0.25, 0.3) is 0 Å². The van der Waals surface area contributed by atoms with Crippen LogP contribution in [0.25, 0.3) is 0 Å². The third-order valence-electron chi connectivity index (χ3n) is 6.22. The fourth-order valence-corrected chi connectivity index (χ4v) is 4.36. The molecule has 10 heteroatoms. The number of ether oxygens (including phenoxy) is 1. The Morgan fingerprint density at radius 2 is 1.58 bits per heavy atom. The summed E-state index contributed by atoms with van der Waals surface area (Å²) >= 11 is 0. The van der Waals surface area contributed by atoms with Crippen LogP contribution in [0.3, 0.4) is 0 Å². The van der Waals surface area contributed by atoms with Crippen molar-refractivity contribution < 1.29 is 22.7 Å². The van der Waals surface area contributed by atoms with Crippen molar-refractivity contribution in [1.29, 1.82) is 0 Å². The van der Waals surface area contributed by atoms with Gasteiger partial charge < -0.3 is 15.0 Å². The summed E-state index contributed by atoms with van der Waals surface area (Å²) in [5, 5.41) is 3.01. The van der Waals surface area contributed by atoms with Crippen LogP contribution in [0.4, 0.5) is 0 Å². The fraction of sp³-hybridized carbons (Fsp3) is 0.462. The predicted octanol–water partition coefficient (Wildman–Crippen LogP) is 0.966.